The van der Waals surface area contributed by atoms with Crippen molar-refractivity contribution in [3.63, 3.8) is 0 Å². The number of carbonyl (C=O) groups excluding carboxylic acids is 4. The standard InChI is InChI=1S/C77H150O17P2/c1-6-9-12-15-18-21-23-25-26-29-33-36-41-46-51-56-61-75(80)88-67-73(94-77(82)63-58-53-48-43-38-34-30-27-28-32-35-40-44-49-54-59-70(4)5)69-92-96(85,86)90-65-71(78)64-89-95(83,84)91-68-72(66-87-74(79)60-55-50-45-39-20-17-14-11-8-3)93-76(81)62-57-52-47-42-37-31-24-22-19-16-13-10-7-2/h70-73,78H,6-69H2,1-5H3,(H,83,84)(H,85,86)/t71-,72+,73+/m0/s1. The molecule has 0 aromatic carbocycles. The van der Waals surface area contributed by atoms with Crippen molar-refractivity contribution < 1.29 is 80.2 Å². The fraction of sp³-hybridized carbons (Fsp3) is 0.948. The molecule has 0 saturated heterocycles. The molecular weight excluding hydrogens is 1260 g/mol. The van der Waals surface area contributed by atoms with E-state index in [-0.39, 0.29) is 25.7 Å². The third-order valence-corrected chi connectivity index (χ3v) is 19.9. The Morgan fingerprint density at radius 3 is 0.708 bits per heavy atom. The summed E-state index contributed by atoms with van der Waals surface area (Å²) >= 11 is 0. The van der Waals surface area contributed by atoms with Crippen LogP contribution in [0.1, 0.15) is 407 Å². The van der Waals surface area contributed by atoms with Gasteiger partial charge in [-0.2, -0.15) is 0 Å². The van der Waals surface area contributed by atoms with Crippen LogP contribution in [0.5, 0.6) is 0 Å². The van der Waals surface area contributed by atoms with E-state index in [1.807, 2.05) is 0 Å². The van der Waals surface area contributed by atoms with Gasteiger partial charge in [0.25, 0.3) is 0 Å². The first-order valence-corrected chi connectivity index (χ1v) is 43.1. The summed E-state index contributed by atoms with van der Waals surface area (Å²) in [5, 5.41) is 10.6. The highest BCUT2D eigenvalue weighted by Gasteiger charge is 2.30. The molecule has 3 N–H and O–H groups in total. The van der Waals surface area contributed by atoms with Crippen LogP contribution in [-0.2, 0) is 65.4 Å². The molecule has 96 heavy (non-hydrogen) atoms. The third-order valence-electron chi connectivity index (χ3n) is 18.0. The minimum absolute atomic E-state index is 0.108. The second-order valence-electron chi connectivity index (χ2n) is 28.2. The summed E-state index contributed by atoms with van der Waals surface area (Å²) in [7, 11) is -9.91. The third kappa shape index (κ3) is 70.5. The van der Waals surface area contributed by atoms with Crippen LogP contribution < -0.4 is 0 Å². The van der Waals surface area contributed by atoms with Crippen molar-refractivity contribution in [3.8, 4) is 0 Å². The lowest BCUT2D eigenvalue weighted by molar-refractivity contribution is -0.161. The molecule has 0 aliphatic rings. The summed E-state index contributed by atoms with van der Waals surface area (Å²) in [5.41, 5.74) is 0. The average Bonchev–Trinajstić information content (AvgIpc) is 1.81. The Labute approximate surface area is 588 Å². The molecule has 0 aromatic heterocycles. The first-order chi connectivity index (χ1) is 46.5. The number of hydrogen-bond donors (Lipinski definition) is 3. The fourth-order valence-corrected chi connectivity index (χ4v) is 13.5. The molecule has 2 unspecified atom stereocenters. The zero-order chi connectivity index (χ0) is 70.5. The van der Waals surface area contributed by atoms with Crippen LogP contribution in [0.4, 0.5) is 0 Å². The summed E-state index contributed by atoms with van der Waals surface area (Å²) < 4.78 is 68.5. The molecule has 0 amide bonds. The van der Waals surface area contributed by atoms with Gasteiger partial charge in [-0.15, -0.1) is 0 Å². The van der Waals surface area contributed by atoms with Crippen molar-refractivity contribution in [3.05, 3.63) is 0 Å². The molecule has 0 bridgehead atoms. The maximum Gasteiger partial charge on any atom is 0.472 e. The van der Waals surface area contributed by atoms with Gasteiger partial charge in [0.05, 0.1) is 26.4 Å². The van der Waals surface area contributed by atoms with Crippen LogP contribution >= 0.6 is 15.6 Å². The molecule has 0 rings (SSSR count). The molecule has 19 heteroatoms. The second kappa shape index (κ2) is 70.1. The van der Waals surface area contributed by atoms with E-state index in [2.05, 4.69) is 34.6 Å². The number of phosphoric acid groups is 2. The van der Waals surface area contributed by atoms with Gasteiger partial charge in [-0.25, -0.2) is 9.13 Å². The van der Waals surface area contributed by atoms with E-state index in [9.17, 15) is 43.2 Å². The number of rotatable bonds is 77. The van der Waals surface area contributed by atoms with E-state index >= 15 is 0 Å². The normalized spacial score (nSPS) is 13.9. The monoisotopic (exact) mass is 1410 g/mol. The van der Waals surface area contributed by atoms with Gasteiger partial charge in [0.2, 0.25) is 0 Å². The fourth-order valence-electron chi connectivity index (χ4n) is 11.9. The summed E-state index contributed by atoms with van der Waals surface area (Å²) in [6.07, 6.45) is 59.5. The second-order valence-corrected chi connectivity index (χ2v) is 31.1. The number of aliphatic hydroxyl groups excluding tert-OH is 1. The van der Waals surface area contributed by atoms with Crippen LogP contribution in [-0.4, -0.2) is 96.7 Å². The van der Waals surface area contributed by atoms with Crippen LogP contribution in [0, 0.1) is 5.92 Å². The van der Waals surface area contributed by atoms with Crippen molar-refractivity contribution in [1.82, 2.24) is 0 Å². The number of hydrogen-bond acceptors (Lipinski definition) is 15. The van der Waals surface area contributed by atoms with Gasteiger partial charge < -0.3 is 33.8 Å². The van der Waals surface area contributed by atoms with E-state index in [0.29, 0.717) is 25.7 Å². The minimum atomic E-state index is -4.96. The van der Waals surface area contributed by atoms with Crippen LogP contribution in [0.2, 0.25) is 0 Å². The zero-order valence-corrected chi connectivity index (χ0v) is 64.3. The quantitative estimate of drug-likeness (QED) is 0.0222. The molecule has 0 spiro atoms. The maximum atomic E-state index is 13.1. The smallest absolute Gasteiger partial charge is 0.462 e. The molecule has 0 radical (unpaired) electrons. The van der Waals surface area contributed by atoms with Crippen molar-refractivity contribution in [2.24, 2.45) is 5.92 Å². The van der Waals surface area contributed by atoms with Gasteiger partial charge in [-0.05, 0) is 31.6 Å². The van der Waals surface area contributed by atoms with Gasteiger partial charge in [0, 0.05) is 25.7 Å². The number of phosphoric ester groups is 2. The highest BCUT2D eigenvalue weighted by Crippen LogP contribution is 2.45. The molecule has 0 aliphatic carbocycles. The Morgan fingerprint density at radius 2 is 0.479 bits per heavy atom. The van der Waals surface area contributed by atoms with Gasteiger partial charge in [-0.3, -0.25) is 37.3 Å². The number of unbranched alkanes of at least 4 members (excludes halogenated alkanes) is 49. The van der Waals surface area contributed by atoms with E-state index < -0.39 is 97.5 Å². The van der Waals surface area contributed by atoms with Crippen LogP contribution in [0.25, 0.3) is 0 Å². The first kappa shape index (κ1) is 94.1. The van der Waals surface area contributed by atoms with Gasteiger partial charge in [0.15, 0.2) is 12.2 Å². The van der Waals surface area contributed by atoms with Crippen molar-refractivity contribution in [1.29, 1.82) is 0 Å². The summed E-state index contributed by atoms with van der Waals surface area (Å²) in [6.45, 7) is 7.32. The van der Waals surface area contributed by atoms with Gasteiger partial charge >= 0.3 is 39.5 Å². The number of esters is 4. The zero-order valence-electron chi connectivity index (χ0n) is 62.5. The largest absolute Gasteiger partial charge is 0.472 e. The van der Waals surface area contributed by atoms with Crippen molar-refractivity contribution in [2.45, 2.75) is 425 Å². The topological polar surface area (TPSA) is 237 Å². The lowest BCUT2D eigenvalue weighted by Crippen LogP contribution is -2.30. The molecule has 5 atom stereocenters. The Balaban J connectivity index is 5.22. The van der Waals surface area contributed by atoms with E-state index in [1.165, 1.54) is 231 Å². The lowest BCUT2D eigenvalue weighted by Gasteiger charge is -2.21. The lowest BCUT2D eigenvalue weighted by atomic mass is 10.0. The predicted octanol–water partition coefficient (Wildman–Crippen LogP) is 22.9. The molecule has 17 nitrogen and oxygen atoms in total. The van der Waals surface area contributed by atoms with Crippen molar-refractivity contribution >= 4 is 39.5 Å². The molecule has 0 fully saturated rings. The van der Waals surface area contributed by atoms with Crippen LogP contribution in [0.3, 0.4) is 0 Å². The Kier molecular flexibility index (Phi) is 68.7. The van der Waals surface area contributed by atoms with Crippen molar-refractivity contribution in [2.75, 3.05) is 39.6 Å². The predicted molar refractivity (Wildman–Crippen MR) is 391 cm³/mol. The SMILES string of the molecule is CCCCCCCCCCCCCCCCCCC(=O)OC[C@H](COP(=O)(O)OC[C@@H](O)COP(=O)(O)OC[C@@H](COC(=O)CCCCCCCCCCC)OC(=O)CCCCCCCCCCCCCCC)OC(=O)CCCCCCCCCCCCCCCCCC(C)C. The van der Waals surface area contributed by atoms with E-state index in [1.54, 1.807) is 0 Å². The number of carbonyl (C=O) groups is 4. The molecule has 570 valence electrons. The molecule has 0 aliphatic heterocycles. The minimum Gasteiger partial charge on any atom is -0.462 e. The Bertz CT molecular complexity index is 1840. The highest BCUT2D eigenvalue weighted by atomic mass is 31.2. The van der Waals surface area contributed by atoms with E-state index in [4.69, 9.17) is 37.0 Å². The number of ether oxygens (including phenoxy) is 4. The average molecular weight is 1410 g/mol. The molecule has 0 saturated carbocycles. The molecule has 0 heterocycles. The van der Waals surface area contributed by atoms with Crippen LogP contribution in [0.15, 0.2) is 0 Å². The molecule has 0 aromatic rings. The maximum absolute atomic E-state index is 13.1. The number of aliphatic hydroxyl groups is 1. The molecular formula is C77H150O17P2. The van der Waals surface area contributed by atoms with Gasteiger partial charge in [-0.1, -0.05) is 356 Å². The highest BCUT2D eigenvalue weighted by molar-refractivity contribution is 7.47. The summed E-state index contributed by atoms with van der Waals surface area (Å²) in [4.78, 5) is 72.8. The summed E-state index contributed by atoms with van der Waals surface area (Å²) in [6, 6.07) is 0. The summed E-state index contributed by atoms with van der Waals surface area (Å²) in [5.74, 6) is -1.31. The van der Waals surface area contributed by atoms with Gasteiger partial charge in [0.1, 0.15) is 19.3 Å². The first-order valence-electron chi connectivity index (χ1n) is 40.1. The van der Waals surface area contributed by atoms with E-state index in [0.717, 1.165) is 95.8 Å². The Hall–Kier alpha value is -1.94. The Morgan fingerprint density at radius 1 is 0.281 bits per heavy atom.